The Bertz CT molecular complexity index is 641. The molecule has 0 radical (unpaired) electrons. The van der Waals surface area contributed by atoms with Crippen LogP contribution in [0.1, 0.15) is 19.4 Å². The van der Waals surface area contributed by atoms with Crippen molar-refractivity contribution in [2.75, 3.05) is 31.2 Å². The van der Waals surface area contributed by atoms with Gasteiger partial charge in [-0.3, -0.25) is 4.18 Å². The summed E-state index contributed by atoms with van der Waals surface area (Å²) in [5.41, 5.74) is 1.03. The molecule has 0 heterocycles. The highest BCUT2D eigenvalue weighted by atomic mass is 32.2. The second-order valence-corrected chi connectivity index (χ2v) is 8.89. The highest BCUT2D eigenvalue weighted by Crippen LogP contribution is 2.07. The van der Waals surface area contributed by atoms with Crippen molar-refractivity contribution in [2.45, 2.75) is 20.3 Å². The molecule has 0 aliphatic carbocycles. The molecule has 22 heavy (non-hydrogen) atoms. The third-order valence-electron chi connectivity index (χ3n) is 3.21. The first-order valence-electron chi connectivity index (χ1n) is 7.19. The third kappa shape index (κ3) is 6.43. The van der Waals surface area contributed by atoms with Gasteiger partial charge in [0.15, 0.2) is 0 Å². The lowest BCUT2D eigenvalue weighted by Gasteiger charge is -2.21. The zero-order valence-electron chi connectivity index (χ0n) is 12.9. The second-order valence-electron chi connectivity index (χ2n) is 4.70. The molecule has 1 aromatic rings. The topological polar surface area (TPSA) is 80.8 Å². The Hall–Kier alpha value is -0.960. The molecule has 8 heteroatoms. The van der Waals surface area contributed by atoms with Crippen molar-refractivity contribution in [3.8, 4) is 0 Å². The van der Waals surface area contributed by atoms with Crippen LogP contribution in [0.25, 0.3) is 0 Å². The van der Waals surface area contributed by atoms with E-state index in [1.807, 2.05) is 30.3 Å². The van der Waals surface area contributed by atoms with E-state index in [-0.39, 0.29) is 24.7 Å². The molecule has 0 aromatic heterocycles. The van der Waals surface area contributed by atoms with Crippen LogP contribution in [0.3, 0.4) is 0 Å². The van der Waals surface area contributed by atoms with Crippen molar-refractivity contribution in [3.63, 3.8) is 0 Å². The van der Waals surface area contributed by atoms with Crippen molar-refractivity contribution in [3.05, 3.63) is 35.9 Å². The quantitative estimate of drug-likeness (QED) is 0.594. The monoisotopic (exact) mass is 349 g/mol. The molecule has 0 amide bonds. The highest BCUT2D eigenvalue weighted by Gasteiger charge is 2.20. The van der Waals surface area contributed by atoms with Crippen LogP contribution >= 0.6 is 0 Å². The highest BCUT2D eigenvalue weighted by molar-refractivity contribution is 7.89. The van der Waals surface area contributed by atoms with Gasteiger partial charge in [0, 0.05) is 13.1 Å². The van der Waals surface area contributed by atoms with Crippen molar-refractivity contribution < 1.29 is 21.0 Å². The molecule has 1 aromatic carbocycles. The zero-order valence-corrected chi connectivity index (χ0v) is 14.6. The fraction of sp³-hybridized carbons (Fsp3) is 0.571. The number of benzene rings is 1. The number of nitrogens with zero attached hydrogens (tertiary/aromatic N) is 1. The summed E-state index contributed by atoms with van der Waals surface area (Å²) in [6, 6.07) is 9.53. The van der Waals surface area contributed by atoms with Gasteiger partial charge in [0.25, 0.3) is 10.1 Å². The molecule has 0 N–H and O–H groups in total. The van der Waals surface area contributed by atoms with Gasteiger partial charge in [0.2, 0.25) is 10.0 Å². The van der Waals surface area contributed by atoms with E-state index in [0.29, 0.717) is 13.0 Å². The Balaban J connectivity index is 2.65. The van der Waals surface area contributed by atoms with Crippen molar-refractivity contribution in [2.24, 2.45) is 0 Å². The number of rotatable bonds is 10. The van der Waals surface area contributed by atoms with E-state index >= 15 is 0 Å². The van der Waals surface area contributed by atoms with Crippen LogP contribution in [0.5, 0.6) is 0 Å². The van der Waals surface area contributed by atoms with Gasteiger partial charge in [-0.05, 0) is 25.8 Å². The van der Waals surface area contributed by atoms with Gasteiger partial charge < -0.3 is 0 Å². The van der Waals surface area contributed by atoms with Crippen LogP contribution in [-0.4, -0.2) is 52.3 Å². The van der Waals surface area contributed by atoms with E-state index in [9.17, 15) is 16.8 Å². The van der Waals surface area contributed by atoms with Gasteiger partial charge in [-0.2, -0.15) is 12.7 Å². The normalized spacial score (nSPS) is 12.7. The lowest BCUT2D eigenvalue weighted by molar-refractivity contribution is 0.277. The lowest BCUT2D eigenvalue weighted by Crippen LogP contribution is -2.37. The zero-order chi connectivity index (χ0) is 16.6. The van der Waals surface area contributed by atoms with Crippen molar-refractivity contribution in [1.29, 1.82) is 0 Å². The third-order valence-corrected chi connectivity index (χ3v) is 6.32. The summed E-state index contributed by atoms with van der Waals surface area (Å²) in [5.74, 6) is -0.153. The van der Waals surface area contributed by atoms with E-state index in [0.717, 1.165) is 5.56 Å². The maximum atomic E-state index is 12.1. The molecular formula is C14H23NO5S2. The van der Waals surface area contributed by atoms with Crippen LogP contribution < -0.4 is 0 Å². The minimum Gasteiger partial charge on any atom is -0.269 e. The molecule has 0 spiro atoms. The summed E-state index contributed by atoms with van der Waals surface area (Å²) < 4.78 is 52.8. The van der Waals surface area contributed by atoms with E-state index < -0.39 is 20.1 Å². The molecule has 0 unspecified atom stereocenters. The smallest absolute Gasteiger partial charge is 0.267 e. The van der Waals surface area contributed by atoms with Crippen LogP contribution in [0.15, 0.2) is 30.3 Å². The SMILES string of the molecule is CCS(=O)(=O)OCCN(CCc1ccccc1)S(=O)(=O)CC. The maximum absolute atomic E-state index is 12.1. The van der Waals surface area contributed by atoms with Gasteiger partial charge in [-0.15, -0.1) is 0 Å². The summed E-state index contributed by atoms with van der Waals surface area (Å²) >= 11 is 0. The van der Waals surface area contributed by atoms with Gasteiger partial charge in [0.1, 0.15) is 0 Å². The molecule has 0 saturated carbocycles. The average molecular weight is 349 g/mol. The van der Waals surface area contributed by atoms with Crippen LogP contribution in [0.2, 0.25) is 0 Å². The largest absolute Gasteiger partial charge is 0.269 e. The Morgan fingerprint density at radius 2 is 1.59 bits per heavy atom. The number of hydrogen-bond donors (Lipinski definition) is 0. The molecule has 126 valence electrons. The Labute approximate surface area is 133 Å². The van der Waals surface area contributed by atoms with Gasteiger partial charge in [-0.1, -0.05) is 30.3 Å². The minimum atomic E-state index is -3.56. The summed E-state index contributed by atoms with van der Waals surface area (Å²) in [6.07, 6.45) is 0.570. The number of hydrogen-bond acceptors (Lipinski definition) is 5. The molecule has 0 aliphatic heterocycles. The molecule has 0 fully saturated rings. The lowest BCUT2D eigenvalue weighted by atomic mass is 10.1. The second kappa shape index (κ2) is 8.61. The van der Waals surface area contributed by atoms with Gasteiger partial charge in [0.05, 0.1) is 18.1 Å². The average Bonchev–Trinajstić information content (AvgIpc) is 2.51. The Morgan fingerprint density at radius 3 is 2.14 bits per heavy atom. The van der Waals surface area contributed by atoms with E-state index in [1.165, 1.54) is 11.2 Å². The molecule has 0 saturated heterocycles. The van der Waals surface area contributed by atoms with Crippen molar-refractivity contribution in [1.82, 2.24) is 4.31 Å². The minimum absolute atomic E-state index is 0.0255. The van der Waals surface area contributed by atoms with Crippen LogP contribution in [-0.2, 0) is 30.7 Å². The predicted octanol–water partition coefficient (Wildman–Crippen LogP) is 1.25. The van der Waals surface area contributed by atoms with E-state index in [2.05, 4.69) is 0 Å². The fourth-order valence-corrected chi connectivity index (χ4v) is 3.40. The van der Waals surface area contributed by atoms with E-state index in [1.54, 1.807) is 6.92 Å². The van der Waals surface area contributed by atoms with E-state index in [4.69, 9.17) is 4.18 Å². The maximum Gasteiger partial charge on any atom is 0.267 e. The Kier molecular flexibility index (Phi) is 7.47. The molecular weight excluding hydrogens is 326 g/mol. The Morgan fingerprint density at radius 1 is 0.955 bits per heavy atom. The standard InChI is InChI=1S/C14H23NO5S2/c1-3-21(16,17)15(12-13-20-22(18,19)4-2)11-10-14-8-6-5-7-9-14/h5-9H,3-4,10-13H2,1-2H3. The summed E-state index contributed by atoms with van der Waals surface area (Å²) in [6.45, 7) is 3.21. The fourth-order valence-electron chi connectivity index (χ4n) is 1.82. The van der Waals surface area contributed by atoms with Crippen LogP contribution in [0, 0.1) is 0 Å². The molecule has 0 bridgehead atoms. The first-order chi connectivity index (χ1) is 10.3. The summed E-state index contributed by atoms with van der Waals surface area (Å²) in [5, 5.41) is 0. The molecule has 0 atom stereocenters. The molecule has 0 aliphatic rings. The summed E-state index contributed by atoms with van der Waals surface area (Å²) in [7, 11) is -6.95. The summed E-state index contributed by atoms with van der Waals surface area (Å²) in [4.78, 5) is 0. The van der Waals surface area contributed by atoms with Crippen LogP contribution in [0.4, 0.5) is 0 Å². The molecule has 6 nitrogen and oxygen atoms in total. The predicted molar refractivity (Wildman–Crippen MR) is 86.6 cm³/mol. The first-order valence-corrected chi connectivity index (χ1v) is 10.4. The van der Waals surface area contributed by atoms with Gasteiger partial charge >= 0.3 is 0 Å². The molecule has 1 rings (SSSR count). The first kappa shape index (κ1) is 19.1. The number of sulfonamides is 1. The van der Waals surface area contributed by atoms with Gasteiger partial charge in [-0.25, -0.2) is 8.42 Å². The van der Waals surface area contributed by atoms with Crippen molar-refractivity contribution >= 4 is 20.1 Å².